The minimum absolute atomic E-state index is 0.0838. The van der Waals surface area contributed by atoms with Gasteiger partial charge in [-0.3, -0.25) is 0 Å². The molecular weight excluding hydrogens is 427 g/mol. The quantitative estimate of drug-likeness (QED) is 0.231. The van der Waals surface area contributed by atoms with Crippen molar-refractivity contribution in [3.63, 3.8) is 0 Å². The summed E-state index contributed by atoms with van der Waals surface area (Å²) in [5.74, 6) is 0.0509. The first kappa shape index (κ1) is 23.9. The third-order valence-corrected chi connectivity index (χ3v) is 6.60. The van der Waals surface area contributed by atoms with Gasteiger partial charge in [-0.15, -0.1) is 0 Å². The minimum atomic E-state index is -0.552. The summed E-state index contributed by atoms with van der Waals surface area (Å²) in [7, 11) is 0. The first-order chi connectivity index (χ1) is 16.5. The number of aliphatic hydroxyl groups is 1. The number of carbonyl (C=O) groups is 1. The van der Waals surface area contributed by atoms with E-state index in [0.29, 0.717) is 34.8 Å². The van der Waals surface area contributed by atoms with E-state index in [1.165, 1.54) is 37.7 Å². The van der Waals surface area contributed by atoms with Gasteiger partial charge in [-0.25, -0.2) is 9.18 Å². The largest absolute Gasteiger partial charge is 0.423 e. The number of hydrogen-bond acceptors (Lipinski definition) is 3. The van der Waals surface area contributed by atoms with Crippen molar-refractivity contribution < 1.29 is 19.0 Å². The zero-order valence-corrected chi connectivity index (χ0v) is 19.6. The topological polar surface area (TPSA) is 46.5 Å². The standard InChI is InChI=1S/C30H31FO3/c1-20(2)30(33)34-29-19-26(13-12-24(29)16-17-32)27-15-14-25(18-28(27)31)23-10-8-22(9-11-23)21-6-4-3-5-7-21/h8-15,18-19,21,32H,1,3-7,16-17H2,2H3. The van der Waals surface area contributed by atoms with E-state index < -0.39 is 5.97 Å². The number of ether oxygens (including phenoxy) is 1. The Morgan fingerprint density at radius 2 is 1.65 bits per heavy atom. The average molecular weight is 459 g/mol. The molecule has 3 nitrogen and oxygen atoms in total. The zero-order valence-electron chi connectivity index (χ0n) is 19.6. The van der Waals surface area contributed by atoms with Crippen molar-refractivity contribution in [1.29, 1.82) is 0 Å². The first-order valence-electron chi connectivity index (χ1n) is 12.0. The molecule has 0 aromatic heterocycles. The average Bonchev–Trinajstić information content (AvgIpc) is 2.86. The van der Waals surface area contributed by atoms with E-state index in [2.05, 4.69) is 30.8 Å². The van der Waals surface area contributed by atoms with Crippen LogP contribution in [0, 0.1) is 5.82 Å². The summed E-state index contributed by atoms with van der Waals surface area (Å²) in [6.07, 6.45) is 6.77. The summed E-state index contributed by atoms with van der Waals surface area (Å²) < 4.78 is 20.6. The SMILES string of the molecule is C=C(C)C(=O)Oc1cc(-c2ccc(-c3ccc(C4CCCCC4)cc3)cc2F)ccc1CCO. The van der Waals surface area contributed by atoms with Crippen molar-refractivity contribution in [2.75, 3.05) is 6.61 Å². The maximum Gasteiger partial charge on any atom is 0.338 e. The fraction of sp³-hybridized carbons (Fsp3) is 0.300. The Kier molecular flexibility index (Phi) is 7.59. The van der Waals surface area contributed by atoms with Crippen LogP contribution < -0.4 is 4.74 Å². The third kappa shape index (κ3) is 5.45. The highest BCUT2D eigenvalue weighted by molar-refractivity contribution is 5.89. The summed E-state index contributed by atoms with van der Waals surface area (Å²) in [5, 5.41) is 9.33. The molecule has 1 fully saturated rings. The predicted molar refractivity (Wildman–Crippen MR) is 134 cm³/mol. The highest BCUT2D eigenvalue weighted by atomic mass is 19.1. The Labute approximate surface area is 200 Å². The van der Waals surface area contributed by atoms with Crippen LogP contribution in [0.5, 0.6) is 5.75 Å². The number of hydrogen-bond donors (Lipinski definition) is 1. The van der Waals surface area contributed by atoms with Gasteiger partial charge < -0.3 is 9.84 Å². The van der Waals surface area contributed by atoms with E-state index >= 15 is 4.39 Å². The lowest BCUT2D eigenvalue weighted by Gasteiger charge is -2.22. The Morgan fingerprint density at radius 1 is 0.971 bits per heavy atom. The van der Waals surface area contributed by atoms with E-state index in [-0.39, 0.29) is 18.0 Å². The number of halogens is 1. The fourth-order valence-electron chi connectivity index (χ4n) is 4.64. The first-order valence-corrected chi connectivity index (χ1v) is 12.0. The Bertz CT molecular complexity index is 1170. The van der Waals surface area contributed by atoms with Gasteiger partial charge in [0.1, 0.15) is 11.6 Å². The molecule has 4 rings (SSSR count). The van der Waals surface area contributed by atoms with E-state index in [1.807, 2.05) is 6.07 Å². The van der Waals surface area contributed by atoms with Gasteiger partial charge in [-0.05, 0) is 72.1 Å². The van der Waals surface area contributed by atoms with Crippen LogP contribution in [0.4, 0.5) is 4.39 Å². The number of esters is 1. The normalized spacial score (nSPS) is 14.1. The zero-order chi connectivity index (χ0) is 24.1. The maximum absolute atomic E-state index is 15.2. The van der Waals surface area contributed by atoms with Crippen molar-refractivity contribution in [1.82, 2.24) is 0 Å². The predicted octanol–water partition coefficient (Wildman–Crippen LogP) is 7.22. The molecule has 1 saturated carbocycles. The molecule has 0 aliphatic heterocycles. The summed E-state index contributed by atoms with van der Waals surface area (Å²) >= 11 is 0. The Morgan fingerprint density at radius 3 is 2.29 bits per heavy atom. The van der Waals surface area contributed by atoms with Gasteiger partial charge in [-0.1, -0.05) is 74.4 Å². The number of benzene rings is 3. The molecule has 0 bridgehead atoms. The van der Waals surface area contributed by atoms with Gasteiger partial charge in [0.2, 0.25) is 0 Å². The molecule has 0 heterocycles. The Balaban J connectivity index is 1.59. The molecule has 0 atom stereocenters. The summed E-state index contributed by atoms with van der Waals surface area (Å²) in [6, 6.07) is 18.9. The van der Waals surface area contributed by atoms with Gasteiger partial charge >= 0.3 is 5.97 Å². The van der Waals surface area contributed by atoms with Crippen molar-refractivity contribution in [2.24, 2.45) is 0 Å². The van der Waals surface area contributed by atoms with Crippen LogP contribution in [0.15, 0.2) is 72.8 Å². The van der Waals surface area contributed by atoms with Crippen LogP contribution in [0.1, 0.15) is 56.1 Å². The van der Waals surface area contributed by atoms with E-state index in [1.54, 1.807) is 37.3 Å². The van der Waals surface area contributed by atoms with Crippen LogP contribution in [-0.4, -0.2) is 17.7 Å². The Hall–Kier alpha value is -3.24. The fourth-order valence-corrected chi connectivity index (χ4v) is 4.64. The van der Waals surface area contributed by atoms with Gasteiger partial charge in [0, 0.05) is 17.7 Å². The molecule has 0 unspecified atom stereocenters. The number of rotatable bonds is 7. The number of aliphatic hydroxyl groups excluding tert-OH is 1. The van der Waals surface area contributed by atoms with E-state index in [0.717, 1.165) is 11.1 Å². The second-order valence-corrected chi connectivity index (χ2v) is 9.12. The molecule has 0 spiro atoms. The summed E-state index contributed by atoms with van der Waals surface area (Å²) in [6.45, 7) is 5.09. The summed E-state index contributed by atoms with van der Waals surface area (Å²) in [4.78, 5) is 12.1. The highest BCUT2D eigenvalue weighted by Gasteiger charge is 2.16. The van der Waals surface area contributed by atoms with Crippen molar-refractivity contribution in [3.05, 3.63) is 89.8 Å². The lowest BCUT2D eigenvalue weighted by atomic mass is 9.83. The highest BCUT2D eigenvalue weighted by Crippen LogP contribution is 2.35. The van der Waals surface area contributed by atoms with Crippen molar-refractivity contribution in [2.45, 2.75) is 51.4 Å². The molecule has 0 amide bonds. The molecule has 0 saturated heterocycles. The molecule has 1 aliphatic carbocycles. The van der Waals surface area contributed by atoms with Crippen LogP contribution in [-0.2, 0) is 11.2 Å². The van der Waals surface area contributed by atoms with Gasteiger partial charge in [0.25, 0.3) is 0 Å². The molecule has 0 radical (unpaired) electrons. The summed E-state index contributed by atoms with van der Waals surface area (Å²) in [5.41, 5.74) is 5.15. The van der Waals surface area contributed by atoms with Crippen LogP contribution in [0.25, 0.3) is 22.3 Å². The van der Waals surface area contributed by atoms with E-state index in [4.69, 9.17) is 4.74 Å². The monoisotopic (exact) mass is 458 g/mol. The molecule has 3 aromatic rings. The molecule has 3 aromatic carbocycles. The smallest absolute Gasteiger partial charge is 0.338 e. The van der Waals surface area contributed by atoms with Gasteiger partial charge in [0.15, 0.2) is 0 Å². The maximum atomic E-state index is 15.2. The van der Waals surface area contributed by atoms with Crippen molar-refractivity contribution >= 4 is 5.97 Å². The number of carbonyl (C=O) groups excluding carboxylic acids is 1. The van der Waals surface area contributed by atoms with Gasteiger partial charge in [-0.2, -0.15) is 0 Å². The lowest BCUT2D eigenvalue weighted by Crippen LogP contribution is -2.10. The molecule has 34 heavy (non-hydrogen) atoms. The molecular formula is C30H31FO3. The van der Waals surface area contributed by atoms with E-state index in [9.17, 15) is 9.90 Å². The van der Waals surface area contributed by atoms with Crippen LogP contribution in [0.2, 0.25) is 0 Å². The molecule has 4 heteroatoms. The molecule has 1 N–H and O–H groups in total. The van der Waals surface area contributed by atoms with Crippen LogP contribution >= 0.6 is 0 Å². The van der Waals surface area contributed by atoms with Crippen LogP contribution in [0.3, 0.4) is 0 Å². The lowest BCUT2D eigenvalue weighted by molar-refractivity contribution is -0.130. The second kappa shape index (κ2) is 10.8. The van der Waals surface area contributed by atoms with Crippen molar-refractivity contribution in [3.8, 4) is 28.0 Å². The third-order valence-electron chi connectivity index (χ3n) is 6.60. The molecule has 1 aliphatic rings. The minimum Gasteiger partial charge on any atom is -0.423 e. The second-order valence-electron chi connectivity index (χ2n) is 9.12. The van der Waals surface area contributed by atoms with Gasteiger partial charge in [0.05, 0.1) is 0 Å². The molecule has 176 valence electrons.